The molecular formula is C15H17NO6. The third-order valence-corrected chi connectivity index (χ3v) is 3.49. The zero-order chi connectivity index (χ0) is 15.4. The average molecular weight is 307 g/mol. The number of esters is 1. The van der Waals surface area contributed by atoms with Gasteiger partial charge in [0, 0.05) is 13.2 Å². The summed E-state index contributed by atoms with van der Waals surface area (Å²) in [6.07, 6.45) is 2.02. The second kappa shape index (κ2) is 6.65. The van der Waals surface area contributed by atoms with E-state index in [1.165, 1.54) is 6.07 Å². The Morgan fingerprint density at radius 2 is 2.14 bits per heavy atom. The van der Waals surface area contributed by atoms with Crippen molar-refractivity contribution in [2.45, 2.75) is 18.9 Å². The predicted octanol–water partition coefficient (Wildman–Crippen LogP) is 0.867. The highest BCUT2D eigenvalue weighted by molar-refractivity contribution is 5.92. The molecule has 0 spiro atoms. The normalized spacial score (nSPS) is 19.0. The van der Waals surface area contributed by atoms with Gasteiger partial charge in [0.15, 0.2) is 18.1 Å². The van der Waals surface area contributed by atoms with Gasteiger partial charge in [-0.1, -0.05) is 0 Å². The van der Waals surface area contributed by atoms with Crippen LogP contribution in [0.25, 0.3) is 0 Å². The zero-order valence-electron chi connectivity index (χ0n) is 12.0. The molecule has 1 aromatic rings. The van der Waals surface area contributed by atoms with Gasteiger partial charge in [-0.3, -0.25) is 4.79 Å². The molecule has 2 aliphatic heterocycles. The highest BCUT2D eigenvalue weighted by Gasteiger charge is 2.19. The van der Waals surface area contributed by atoms with Crippen LogP contribution >= 0.6 is 0 Å². The summed E-state index contributed by atoms with van der Waals surface area (Å²) in [5.74, 6) is 0.165. The number of rotatable bonds is 5. The number of nitrogens with one attached hydrogen (secondary N) is 1. The molecule has 1 aromatic carbocycles. The fourth-order valence-corrected chi connectivity index (χ4v) is 2.32. The van der Waals surface area contributed by atoms with E-state index in [9.17, 15) is 9.59 Å². The van der Waals surface area contributed by atoms with E-state index < -0.39 is 5.97 Å². The number of amides is 1. The van der Waals surface area contributed by atoms with Crippen LogP contribution in [-0.4, -0.2) is 44.5 Å². The number of hydrogen-bond donors (Lipinski definition) is 1. The summed E-state index contributed by atoms with van der Waals surface area (Å²) in [7, 11) is 0. The lowest BCUT2D eigenvalue weighted by atomic mass is 10.2. The van der Waals surface area contributed by atoms with Crippen LogP contribution in [0.5, 0.6) is 11.5 Å². The maximum atomic E-state index is 11.9. The molecule has 3 rings (SSSR count). The Labute approximate surface area is 127 Å². The molecule has 118 valence electrons. The lowest BCUT2D eigenvalue weighted by Crippen LogP contribution is -2.34. The number of hydrogen-bond acceptors (Lipinski definition) is 6. The maximum Gasteiger partial charge on any atom is 0.338 e. The maximum absolute atomic E-state index is 11.9. The van der Waals surface area contributed by atoms with Gasteiger partial charge in [-0.2, -0.15) is 0 Å². The number of fused-ring (bicyclic) bond motifs is 1. The van der Waals surface area contributed by atoms with Crippen LogP contribution < -0.4 is 14.8 Å². The van der Waals surface area contributed by atoms with E-state index in [2.05, 4.69) is 5.32 Å². The first-order valence-electron chi connectivity index (χ1n) is 7.17. The monoisotopic (exact) mass is 307 g/mol. The molecular weight excluding hydrogens is 290 g/mol. The standard InChI is InChI=1S/C15H17NO6/c17-14(16-7-11-2-1-5-19-11)8-20-15(18)10-3-4-12-13(6-10)22-9-21-12/h3-4,6,11H,1-2,5,7-9H2,(H,16,17). The van der Waals surface area contributed by atoms with Crippen LogP contribution in [0.15, 0.2) is 18.2 Å². The molecule has 0 aromatic heterocycles. The number of benzene rings is 1. The molecule has 1 N–H and O–H groups in total. The van der Waals surface area contributed by atoms with Crippen LogP contribution in [0, 0.1) is 0 Å². The van der Waals surface area contributed by atoms with Crippen LogP contribution in [0.3, 0.4) is 0 Å². The molecule has 1 atom stereocenters. The molecule has 1 unspecified atom stereocenters. The minimum atomic E-state index is -0.578. The summed E-state index contributed by atoms with van der Waals surface area (Å²) in [5, 5.41) is 2.69. The Morgan fingerprint density at radius 3 is 2.95 bits per heavy atom. The first kappa shape index (κ1) is 14.6. The van der Waals surface area contributed by atoms with Crippen molar-refractivity contribution < 1.29 is 28.5 Å². The van der Waals surface area contributed by atoms with Crippen molar-refractivity contribution in [2.75, 3.05) is 26.6 Å². The minimum absolute atomic E-state index is 0.0634. The van der Waals surface area contributed by atoms with Crippen LogP contribution in [0.1, 0.15) is 23.2 Å². The van der Waals surface area contributed by atoms with Gasteiger partial charge in [-0.25, -0.2) is 4.79 Å². The molecule has 0 bridgehead atoms. The molecule has 0 saturated carbocycles. The Hall–Kier alpha value is -2.28. The van der Waals surface area contributed by atoms with Gasteiger partial charge >= 0.3 is 5.97 Å². The van der Waals surface area contributed by atoms with E-state index in [-0.39, 0.29) is 25.4 Å². The molecule has 7 heteroatoms. The van der Waals surface area contributed by atoms with Crippen LogP contribution in [0.2, 0.25) is 0 Å². The van der Waals surface area contributed by atoms with E-state index >= 15 is 0 Å². The first-order valence-corrected chi connectivity index (χ1v) is 7.17. The summed E-state index contributed by atoms with van der Waals surface area (Å²) in [5.41, 5.74) is 0.316. The highest BCUT2D eigenvalue weighted by atomic mass is 16.7. The third-order valence-electron chi connectivity index (χ3n) is 3.49. The van der Waals surface area contributed by atoms with Crippen molar-refractivity contribution in [1.82, 2.24) is 5.32 Å². The second-order valence-corrected chi connectivity index (χ2v) is 5.08. The lowest BCUT2D eigenvalue weighted by Gasteiger charge is -2.11. The second-order valence-electron chi connectivity index (χ2n) is 5.08. The zero-order valence-corrected chi connectivity index (χ0v) is 12.0. The minimum Gasteiger partial charge on any atom is -0.454 e. The summed E-state index contributed by atoms with van der Waals surface area (Å²) in [4.78, 5) is 23.5. The molecule has 1 saturated heterocycles. The van der Waals surface area contributed by atoms with Gasteiger partial charge in [-0.05, 0) is 31.0 Å². The molecule has 22 heavy (non-hydrogen) atoms. The van der Waals surface area contributed by atoms with E-state index in [0.717, 1.165) is 19.4 Å². The fraction of sp³-hybridized carbons (Fsp3) is 0.467. The summed E-state index contributed by atoms with van der Waals surface area (Å²) in [6.45, 7) is 1.000. The smallest absolute Gasteiger partial charge is 0.338 e. The number of carbonyl (C=O) groups excluding carboxylic acids is 2. The van der Waals surface area contributed by atoms with Crippen LogP contribution in [-0.2, 0) is 14.3 Å². The lowest BCUT2D eigenvalue weighted by molar-refractivity contribution is -0.124. The summed E-state index contributed by atoms with van der Waals surface area (Å²) < 4.78 is 20.7. The molecule has 2 aliphatic rings. The number of carbonyl (C=O) groups is 2. The summed E-state index contributed by atoms with van der Waals surface area (Å²) >= 11 is 0. The highest BCUT2D eigenvalue weighted by Crippen LogP contribution is 2.32. The van der Waals surface area contributed by atoms with Crippen molar-refractivity contribution in [2.24, 2.45) is 0 Å². The molecule has 7 nitrogen and oxygen atoms in total. The Balaban J connectivity index is 1.44. The van der Waals surface area contributed by atoms with E-state index in [4.69, 9.17) is 18.9 Å². The SMILES string of the molecule is O=C(COC(=O)c1ccc2c(c1)OCO2)NCC1CCCO1. The van der Waals surface area contributed by atoms with Gasteiger partial charge in [0.1, 0.15) is 0 Å². The van der Waals surface area contributed by atoms with E-state index in [1.54, 1.807) is 12.1 Å². The fourth-order valence-electron chi connectivity index (χ4n) is 2.32. The first-order chi connectivity index (χ1) is 10.7. The van der Waals surface area contributed by atoms with Gasteiger partial charge in [0.2, 0.25) is 6.79 Å². The molecule has 2 heterocycles. The average Bonchev–Trinajstić information content (AvgIpc) is 3.20. The molecule has 1 fully saturated rings. The van der Waals surface area contributed by atoms with E-state index in [1.807, 2.05) is 0 Å². The molecule has 1 amide bonds. The Bertz CT molecular complexity index is 567. The van der Waals surface area contributed by atoms with Crippen molar-refractivity contribution in [3.8, 4) is 11.5 Å². The Morgan fingerprint density at radius 1 is 1.27 bits per heavy atom. The third kappa shape index (κ3) is 3.48. The van der Waals surface area contributed by atoms with Gasteiger partial charge in [-0.15, -0.1) is 0 Å². The largest absolute Gasteiger partial charge is 0.454 e. The van der Waals surface area contributed by atoms with Crippen molar-refractivity contribution in [1.29, 1.82) is 0 Å². The Kier molecular flexibility index (Phi) is 4.43. The van der Waals surface area contributed by atoms with E-state index in [0.29, 0.717) is 23.6 Å². The quantitative estimate of drug-likeness (QED) is 0.813. The van der Waals surface area contributed by atoms with Gasteiger partial charge < -0.3 is 24.3 Å². The van der Waals surface area contributed by atoms with Crippen molar-refractivity contribution in [3.05, 3.63) is 23.8 Å². The molecule has 0 aliphatic carbocycles. The summed E-state index contributed by atoms with van der Waals surface area (Å²) in [6, 6.07) is 4.74. The van der Waals surface area contributed by atoms with Crippen LogP contribution in [0.4, 0.5) is 0 Å². The topological polar surface area (TPSA) is 83.1 Å². The van der Waals surface area contributed by atoms with Crippen molar-refractivity contribution >= 4 is 11.9 Å². The predicted molar refractivity (Wildman–Crippen MR) is 74.8 cm³/mol. The van der Waals surface area contributed by atoms with Gasteiger partial charge in [0.05, 0.1) is 11.7 Å². The molecule has 0 radical (unpaired) electrons. The van der Waals surface area contributed by atoms with Crippen molar-refractivity contribution in [3.63, 3.8) is 0 Å². The van der Waals surface area contributed by atoms with Gasteiger partial charge in [0.25, 0.3) is 5.91 Å². The number of ether oxygens (including phenoxy) is 4.